The Kier molecular flexibility index (Phi) is 6.92. The molecule has 0 saturated heterocycles. The Balaban J connectivity index is 2.01. The van der Waals surface area contributed by atoms with E-state index in [1.165, 1.54) is 6.92 Å². The standard InChI is InChI=1S/C21H25NO4/c1-21(26,20(24)25)15-22-19(23)14-18(12-16-8-4-2-5-9-16)13-17-10-6-3-7-11-17/h2-11,18,26H,12-15H2,1H3,(H,22,23)(H,24,25). The number of amides is 1. The molecule has 0 aliphatic rings. The van der Waals surface area contributed by atoms with E-state index in [1.54, 1.807) is 0 Å². The van der Waals surface area contributed by atoms with Crippen molar-refractivity contribution in [2.75, 3.05) is 6.54 Å². The number of hydrogen-bond acceptors (Lipinski definition) is 3. The number of carboxylic acid groups (broad SMARTS) is 1. The van der Waals surface area contributed by atoms with Crippen LogP contribution in [0.25, 0.3) is 0 Å². The van der Waals surface area contributed by atoms with Gasteiger partial charge >= 0.3 is 5.97 Å². The number of aliphatic carboxylic acids is 1. The Labute approximate surface area is 153 Å². The number of carbonyl (C=O) groups is 2. The molecule has 2 aromatic carbocycles. The Hall–Kier alpha value is -2.66. The third-order valence-electron chi connectivity index (χ3n) is 4.30. The molecule has 1 amide bonds. The van der Waals surface area contributed by atoms with Gasteiger partial charge in [-0.05, 0) is 36.8 Å². The average Bonchev–Trinajstić information content (AvgIpc) is 2.61. The van der Waals surface area contributed by atoms with Gasteiger partial charge in [0.15, 0.2) is 5.60 Å². The number of hydrogen-bond donors (Lipinski definition) is 3. The summed E-state index contributed by atoms with van der Waals surface area (Å²) in [6, 6.07) is 19.9. The second kappa shape index (κ2) is 9.15. The molecular formula is C21H25NO4. The minimum Gasteiger partial charge on any atom is -0.479 e. The molecule has 5 heteroatoms. The van der Waals surface area contributed by atoms with Crippen LogP contribution in [-0.4, -0.2) is 34.2 Å². The van der Waals surface area contributed by atoms with Crippen molar-refractivity contribution in [3.8, 4) is 0 Å². The van der Waals surface area contributed by atoms with Crippen molar-refractivity contribution in [3.63, 3.8) is 0 Å². The van der Waals surface area contributed by atoms with Crippen LogP contribution in [0.15, 0.2) is 60.7 Å². The summed E-state index contributed by atoms with van der Waals surface area (Å²) in [4.78, 5) is 23.2. The van der Waals surface area contributed by atoms with E-state index in [9.17, 15) is 14.7 Å². The van der Waals surface area contributed by atoms with Crippen molar-refractivity contribution in [3.05, 3.63) is 71.8 Å². The lowest BCUT2D eigenvalue weighted by atomic mass is 9.89. The summed E-state index contributed by atoms with van der Waals surface area (Å²) >= 11 is 0. The van der Waals surface area contributed by atoms with E-state index in [-0.39, 0.29) is 24.8 Å². The molecule has 2 rings (SSSR count). The Morgan fingerprint density at radius 1 is 0.962 bits per heavy atom. The van der Waals surface area contributed by atoms with Crippen LogP contribution in [0.4, 0.5) is 0 Å². The minimum absolute atomic E-state index is 0.0783. The fraction of sp³-hybridized carbons (Fsp3) is 0.333. The van der Waals surface area contributed by atoms with E-state index in [0.717, 1.165) is 24.0 Å². The van der Waals surface area contributed by atoms with Crippen LogP contribution < -0.4 is 5.32 Å². The molecule has 0 radical (unpaired) electrons. The SMILES string of the molecule is CC(O)(CNC(=O)CC(Cc1ccccc1)Cc1ccccc1)C(=O)O. The molecule has 0 bridgehead atoms. The van der Waals surface area contributed by atoms with E-state index in [4.69, 9.17) is 5.11 Å². The third kappa shape index (κ3) is 6.33. The van der Waals surface area contributed by atoms with Gasteiger partial charge in [-0.25, -0.2) is 4.79 Å². The molecule has 0 aromatic heterocycles. The Morgan fingerprint density at radius 3 is 1.85 bits per heavy atom. The summed E-state index contributed by atoms with van der Waals surface area (Å²) in [5, 5.41) is 21.2. The van der Waals surface area contributed by atoms with Crippen LogP contribution in [-0.2, 0) is 22.4 Å². The van der Waals surface area contributed by atoms with Gasteiger partial charge in [0.25, 0.3) is 0 Å². The van der Waals surface area contributed by atoms with E-state index < -0.39 is 11.6 Å². The smallest absolute Gasteiger partial charge is 0.337 e. The molecule has 0 saturated carbocycles. The summed E-state index contributed by atoms with van der Waals surface area (Å²) < 4.78 is 0. The predicted molar refractivity (Wildman–Crippen MR) is 99.7 cm³/mol. The average molecular weight is 355 g/mol. The first kappa shape index (κ1) is 19.7. The highest BCUT2D eigenvalue weighted by atomic mass is 16.4. The number of aliphatic hydroxyl groups is 1. The summed E-state index contributed by atoms with van der Waals surface area (Å²) in [5.74, 6) is -1.54. The number of nitrogens with one attached hydrogen (secondary N) is 1. The zero-order chi connectivity index (χ0) is 19.0. The fourth-order valence-corrected chi connectivity index (χ4v) is 2.79. The summed E-state index contributed by atoms with van der Waals surface area (Å²) in [7, 11) is 0. The van der Waals surface area contributed by atoms with Crippen LogP contribution in [0.5, 0.6) is 0 Å². The van der Waals surface area contributed by atoms with Gasteiger partial charge in [-0.1, -0.05) is 60.7 Å². The van der Waals surface area contributed by atoms with Crippen LogP contribution in [0.3, 0.4) is 0 Å². The molecule has 0 aliphatic heterocycles. The van der Waals surface area contributed by atoms with Crippen molar-refractivity contribution in [2.45, 2.75) is 31.8 Å². The normalized spacial score (nSPS) is 13.2. The molecule has 26 heavy (non-hydrogen) atoms. The lowest BCUT2D eigenvalue weighted by Crippen LogP contribution is -2.46. The molecule has 0 spiro atoms. The summed E-state index contributed by atoms with van der Waals surface area (Å²) in [6.07, 6.45) is 1.76. The van der Waals surface area contributed by atoms with E-state index in [2.05, 4.69) is 5.32 Å². The van der Waals surface area contributed by atoms with Crippen molar-refractivity contribution in [1.82, 2.24) is 5.32 Å². The lowest BCUT2D eigenvalue weighted by molar-refractivity contribution is -0.156. The largest absolute Gasteiger partial charge is 0.479 e. The van der Waals surface area contributed by atoms with Crippen LogP contribution in [0.2, 0.25) is 0 Å². The highest BCUT2D eigenvalue weighted by Gasteiger charge is 2.30. The van der Waals surface area contributed by atoms with Gasteiger partial charge in [0.05, 0.1) is 6.54 Å². The molecular weight excluding hydrogens is 330 g/mol. The van der Waals surface area contributed by atoms with E-state index >= 15 is 0 Å². The number of benzene rings is 2. The maximum absolute atomic E-state index is 12.3. The molecule has 1 unspecified atom stereocenters. The van der Waals surface area contributed by atoms with Gasteiger partial charge in [0.1, 0.15) is 0 Å². The van der Waals surface area contributed by atoms with Crippen LogP contribution >= 0.6 is 0 Å². The quantitative estimate of drug-likeness (QED) is 0.645. The maximum Gasteiger partial charge on any atom is 0.337 e. The topological polar surface area (TPSA) is 86.6 Å². The highest BCUT2D eigenvalue weighted by Crippen LogP contribution is 2.18. The second-order valence-electron chi connectivity index (χ2n) is 6.81. The monoisotopic (exact) mass is 355 g/mol. The van der Waals surface area contributed by atoms with Crippen molar-refractivity contribution in [2.24, 2.45) is 5.92 Å². The Morgan fingerprint density at radius 2 is 1.42 bits per heavy atom. The van der Waals surface area contributed by atoms with Gasteiger partial charge in [-0.3, -0.25) is 4.79 Å². The highest BCUT2D eigenvalue weighted by molar-refractivity contribution is 5.80. The molecule has 5 nitrogen and oxygen atoms in total. The molecule has 3 N–H and O–H groups in total. The van der Waals surface area contributed by atoms with Gasteiger partial charge in [-0.15, -0.1) is 0 Å². The van der Waals surface area contributed by atoms with Gasteiger partial charge < -0.3 is 15.5 Å². The van der Waals surface area contributed by atoms with Gasteiger partial charge in [0.2, 0.25) is 5.91 Å². The fourth-order valence-electron chi connectivity index (χ4n) is 2.79. The van der Waals surface area contributed by atoms with Gasteiger partial charge in [-0.2, -0.15) is 0 Å². The van der Waals surface area contributed by atoms with Gasteiger partial charge in [0, 0.05) is 6.42 Å². The first-order valence-electron chi connectivity index (χ1n) is 8.67. The molecule has 0 aliphatic carbocycles. The predicted octanol–water partition coefficient (Wildman–Crippen LogP) is 2.43. The maximum atomic E-state index is 12.3. The molecule has 0 fully saturated rings. The lowest BCUT2D eigenvalue weighted by Gasteiger charge is -2.21. The number of rotatable bonds is 9. The van der Waals surface area contributed by atoms with E-state index in [0.29, 0.717) is 0 Å². The van der Waals surface area contributed by atoms with E-state index in [1.807, 2.05) is 60.7 Å². The minimum atomic E-state index is -1.97. The first-order chi connectivity index (χ1) is 12.4. The molecule has 138 valence electrons. The number of carboxylic acids is 1. The molecule has 0 heterocycles. The summed E-state index contributed by atoms with van der Waals surface area (Å²) in [6.45, 7) is 0.853. The van der Waals surface area contributed by atoms with Crippen molar-refractivity contribution < 1.29 is 19.8 Å². The third-order valence-corrected chi connectivity index (χ3v) is 4.30. The Bertz CT molecular complexity index is 672. The van der Waals surface area contributed by atoms with Crippen molar-refractivity contribution in [1.29, 1.82) is 0 Å². The molecule has 2 aromatic rings. The first-order valence-corrected chi connectivity index (χ1v) is 8.67. The second-order valence-corrected chi connectivity index (χ2v) is 6.81. The summed E-state index contributed by atoms with van der Waals surface area (Å²) in [5.41, 5.74) is 0.335. The van der Waals surface area contributed by atoms with Crippen LogP contribution in [0, 0.1) is 5.92 Å². The van der Waals surface area contributed by atoms with Crippen molar-refractivity contribution >= 4 is 11.9 Å². The van der Waals surface area contributed by atoms with Crippen LogP contribution in [0.1, 0.15) is 24.5 Å². The number of carbonyl (C=O) groups excluding carboxylic acids is 1. The zero-order valence-electron chi connectivity index (χ0n) is 14.9. The molecule has 1 atom stereocenters. The zero-order valence-corrected chi connectivity index (χ0v) is 14.9.